The number of halogens is 1. The molecule has 1 unspecified atom stereocenters. The standard InChI is InChI=1S/C20H23FN4/c1-12-3-2-4-17(21)19(12)16-9-13-11-24-18(22)10-15(13)20(16)25-14-5-7-23-8-6-14/h2-4,9-11,14,16,23,25H,5-8,22H2,1H3. The lowest BCUT2D eigenvalue weighted by molar-refractivity contribution is 0.421. The van der Waals surface area contributed by atoms with E-state index in [1.807, 2.05) is 19.1 Å². The predicted octanol–water partition coefficient (Wildman–Crippen LogP) is 1.14. The Morgan fingerprint density at radius 2 is 2.08 bits per heavy atom. The summed E-state index contributed by atoms with van der Waals surface area (Å²) in [6.07, 6.45) is 5.99. The van der Waals surface area contributed by atoms with Gasteiger partial charge in [0.25, 0.3) is 0 Å². The fourth-order valence-electron chi connectivity index (χ4n) is 3.90. The number of hydrogen-bond donors (Lipinski definition) is 3. The maximum atomic E-state index is 14.6. The van der Waals surface area contributed by atoms with Crippen LogP contribution >= 0.6 is 0 Å². The van der Waals surface area contributed by atoms with Crippen LogP contribution in [0.3, 0.4) is 0 Å². The van der Waals surface area contributed by atoms with Crippen molar-refractivity contribution in [2.45, 2.75) is 31.7 Å². The summed E-state index contributed by atoms with van der Waals surface area (Å²) in [5.41, 5.74) is 8.65. The molecule has 0 radical (unpaired) electrons. The van der Waals surface area contributed by atoms with Gasteiger partial charge >= 0.3 is 0 Å². The number of hydrogen-bond acceptors (Lipinski definition) is 4. The van der Waals surface area contributed by atoms with Crippen LogP contribution in [0.1, 0.15) is 29.9 Å². The molecular formula is C20H23FN4. The van der Waals surface area contributed by atoms with Gasteiger partial charge in [0.15, 0.2) is 0 Å². The van der Waals surface area contributed by atoms with Crippen LogP contribution in [0.2, 0.25) is 0 Å². The van der Waals surface area contributed by atoms with E-state index in [4.69, 9.17) is 5.73 Å². The average molecular weight is 338 g/mol. The zero-order valence-corrected chi connectivity index (χ0v) is 14.3. The second-order valence-corrected chi connectivity index (χ2v) is 6.89. The number of nitrogens with one attached hydrogen (secondary N) is 2. The lowest BCUT2D eigenvalue weighted by Crippen LogP contribution is -2.41. The molecule has 0 amide bonds. The van der Waals surface area contributed by atoms with Crippen molar-refractivity contribution >= 4 is 17.6 Å². The van der Waals surface area contributed by atoms with Gasteiger partial charge in [0.1, 0.15) is 11.6 Å². The van der Waals surface area contributed by atoms with E-state index in [0.717, 1.165) is 53.2 Å². The highest BCUT2D eigenvalue weighted by Crippen LogP contribution is 2.32. The van der Waals surface area contributed by atoms with Gasteiger partial charge in [0, 0.05) is 34.6 Å². The number of aromatic nitrogens is 1. The Morgan fingerprint density at radius 3 is 2.84 bits per heavy atom. The molecule has 1 fully saturated rings. The summed E-state index contributed by atoms with van der Waals surface area (Å²) in [7, 11) is 0. The molecule has 0 saturated carbocycles. The summed E-state index contributed by atoms with van der Waals surface area (Å²) in [4.78, 5) is 4.21. The third kappa shape index (κ3) is 3.00. The van der Waals surface area contributed by atoms with Gasteiger partial charge in [-0.3, -0.25) is 0 Å². The SMILES string of the molecule is Cc1cccc(F)c1C1C=c2cnc(N)cc2=C1NC1CCNCC1. The molecule has 1 atom stereocenters. The van der Waals surface area contributed by atoms with Crippen molar-refractivity contribution in [2.75, 3.05) is 18.8 Å². The van der Waals surface area contributed by atoms with Crippen molar-refractivity contribution < 1.29 is 4.39 Å². The number of aryl methyl sites for hydroxylation is 1. The van der Waals surface area contributed by atoms with Crippen LogP contribution in [-0.2, 0) is 0 Å². The van der Waals surface area contributed by atoms with E-state index in [1.54, 1.807) is 12.3 Å². The fourth-order valence-corrected chi connectivity index (χ4v) is 3.90. The summed E-state index contributed by atoms with van der Waals surface area (Å²) in [6, 6.07) is 7.54. The zero-order valence-electron chi connectivity index (χ0n) is 14.3. The highest BCUT2D eigenvalue weighted by Gasteiger charge is 2.27. The van der Waals surface area contributed by atoms with Crippen LogP contribution in [0.15, 0.2) is 30.5 Å². The van der Waals surface area contributed by atoms with Gasteiger partial charge in [-0.1, -0.05) is 18.2 Å². The maximum Gasteiger partial charge on any atom is 0.127 e. The first-order valence-corrected chi connectivity index (χ1v) is 8.83. The fraction of sp³-hybridized carbons (Fsp3) is 0.350. The molecular weight excluding hydrogens is 315 g/mol. The number of anilines is 1. The van der Waals surface area contributed by atoms with Crippen molar-refractivity contribution in [3.8, 4) is 0 Å². The van der Waals surface area contributed by atoms with Gasteiger partial charge in [-0.15, -0.1) is 0 Å². The minimum absolute atomic E-state index is 0.130. The smallest absolute Gasteiger partial charge is 0.127 e. The summed E-state index contributed by atoms with van der Waals surface area (Å²) in [5.74, 6) is 0.192. The van der Waals surface area contributed by atoms with Crippen molar-refractivity contribution in [2.24, 2.45) is 0 Å². The first-order valence-electron chi connectivity index (χ1n) is 8.83. The van der Waals surface area contributed by atoms with Gasteiger partial charge in [-0.25, -0.2) is 9.37 Å². The van der Waals surface area contributed by atoms with Crippen LogP contribution < -0.4 is 26.8 Å². The second kappa shape index (κ2) is 6.48. The molecule has 1 saturated heterocycles. The molecule has 4 nitrogen and oxygen atoms in total. The highest BCUT2D eigenvalue weighted by atomic mass is 19.1. The number of fused-ring (bicyclic) bond motifs is 1. The highest BCUT2D eigenvalue weighted by molar-refractivity contribution is 5.71. The molecule has 5 heteroatoms. The Kier molecular flexibility index (Phi) is 4.17. The minimum Gasteiger partial charge on any atom is -0.384 e. The van der Waals surface area contributed by atoms with E-state index in [-0.39, 0.29) is 11.7 Å². The monoisotopic (exact) mass is 338 g/mol. The van der Waals surface area contributed by atoms with Crippen LogP contribution in [0.5, 0.6) is 0 Å². The summed E-state index contributed by atoms with van der Waals surface area (Å²) >= 11 is 0. The number of pyridine rings is 1. The Morgan fingerprint density at radius 1 is 1.28 bits per heavy atom. The third-order valence-corrected chi connectivity index (χ3v) is 5.18. The van der Waals surface area contributed by atoms with E-state index in [2.05, 4.69) is 21.7 Å². The van der Waals surface area contributed by atoms with Crippen molar-refractivity contribution in [1.29, 1.82) is 0 Å². The molecule has 1 aliphatic carbocycles. The third-order valence-electron chi connectivity index (χ3n) is 5.18. The Labute approximate surface area is 146 Å². The molecule has 2 heterocycles. The molecule has 0 bridgehead atoms. The first-order chi connectivity index (χ1) is 12.1. The predicted molar refractivity (Wildman–Crippen MR) is 98.7 cm³/mol. The molecule has 1 aliphatic heterocycles. The molecule has 1 aromatic heterocycles. The molecule has 1 aromatic carbocycles. The molecule has 4 N–H and O–H groups in total. The van der Waals surface area contributed by atoms with E-state index in [0.29, 0.717) is 11.9 Å². The van der Waals surface area contributed by atoms with Crippen molar-refractivity contribution in [3.05, 3.63) is 57.8 Å². The lowest BCUT2D eigenvalue weighted by Gasteiger charge is -2.28. The summed E-state index contributed by atoms with van der Waals surface area (Å²) in [6.45, 7) is 3.97. The van der Waals surface area contributed by atoms with E-state index in [1.165, 1.54) is 6.07 Å². The van der Waals surface area contributed by atoms with Gasteiger partial charge in [0.2, 0.25) is 0 Å². The molecule has 2 aliphatic rings. The summed E-state index contributed by atoms with van der Waals surface area (Å²) in [5, 5.41) is 9.13. The van der Waals surface area contributed by atoms with Gasteiger partial charge in [-0.05, 0) is 55.8 Å². The van der Waals surface area contributed by atoms with E-state index in [9.17, 15) is 4.39 Å². The van der Waals surface area contributed by atoms with Crippen molar-refractivity contribution in [1.82, 2.24) is 15.6 Å². The largest absolute Gasteiger partial charge is 0.384 e. The quantitative estimate of drug-likeness (QED) is 0.785. The molecule has 4 rings (SSSR count). The van der Waals surface area contributed by atoms with Crippen LogP contribution in [0.25, 0.3) is 11.8 Å². The zero-order chi connectivity index (χ0) is 17.4. The molecule has 130 valence electrons. The Bertz CT molecular complexity index is 896. The number of benzene rings is 1. The topological polar surface area (TPSA) is 63.0 Å². The van der Waals surface area contributed by atoms with Crippen molar-refractivity contribution in [3.63, 3.8) is 0 Å². The average Bonchev–Trinajstić information content (AvgIpc) is 2.93. The summed E-state index contributed by atoms with van der Waals surface area (Å²) < 4.78 is 14.6. The minimum atomic E-state index is -0.167. The van der Waals surface area contributed by atoms with Gasteiger partial charge in [-0.2, -0.15) is 0 Å². The second-order valence-electron chi connectivity index (χ2n) is 6.89. The van der Waals surface area contributed by atoms with Crippen LogP contribution in [-0.4, -0.2) is 24.1 Å². The maximum absolute atomic E-state index is 14.6. The van der Waals surface area contributed by atoms with Crippen LogP contribution in [0.4, 0.5) is 10.2 Å². The number of nitrogens with zero attached hydrogens (tertiary/aromatic N) is 1. The number of nitrogens with two attached hydrogens (primary N) is 1. The Balaban J connectivity index is 1.84. The van der Waals surface area contributed by atoms with Gasteiger partial charge in [0.05, 0.1) is 0 Å². The van der Waals surface area contributed by atoms with Gasteiger partial charge < -0.3 is 16.4 Å². The van der Waals surface area contributed by atoms with E-state index >= 15 is 0 Å². The number of rotatable bonds is 3. The Hall–Kier alpha value is -2.40. The first kappa shape index (κ1) is 16.1. The van der Waals surface area contributed by atoms with Crippen LogP contribution in [0, 0.1) is 12.7 Å². The number of nitrogen functional groups attached to an aromatic ring is 1. The number of piperidine rings is 1. The normalized spacial score (nSPS) is 20.2. The van der Waals surface area contributed by atoms with E-state index < -0.39 is 0 Å². The molecule has 0 spiro atoms. The molecule has 25 heavy (non-hydrogen) atoms. The molecule has 2 aromatic rings. The lowest BCUT2D eigenvalue weighted by atomic mass is 9.92.